The minimum absolute atomic E-state index is 0.150. The summed E-state index contributed by atoms with van der Waals surface area (Å²) in [5, 5.41) is 10.3. The van der Waals surface area contributed by atoms with Gasteiger partial charge in [-0.15, -0.1) is 11.3 Å². The Morgan fingerprint density at radius 2 is 2.04 bits per heavy atom. The molecule has 2 aliphatic rings. The number of fused-ring (bicyclic) bond motifs is 2. The van der Waals surface area contributed by atoms with Gasteiger partial charge in [0.15, 0.2) is 0 Å². The van der Waals surface area contributed by atoms with Crippen LogP contribution in [-0.4, -0.2) is 34.6 Å². The van der Waals surface area contributed by atoms with Crippen LogP contribution in [0.25, 0.3) is 0 Å². The second-order valence-electron chi connectivity index (χ2n) is 7.47. The molecule has 3 nitrogen and oxygen atoms in total. The van der Waals surface area contributed by atoms with E-state index in [2.05, 4.69) is 42.2 Å². The number of benzene rings is 1. The summed E-state index contributed by atoms with van der Waals surface area (Å²) in [6, 6.07) is 14.9. The molecule has 2 aliphatic heterocycles. The van der Waals surface area contributed by atoms with Crippen LogP contribution in [0.5, 0.6) is 0 Å². The molecule has 2 aromatic rings. The molecule has 0 saturated carbocycles. The maximum absolute atomic E-state index is 13.1. The van der Waals surface area contributed by atoms with Gasteiger partial charge in [0.1, 0.15) is 0 Å². The molecular weight excluding hydrogens is 330 g/mol. The topological polar surface area (TPSA) is 40.5 Å². The highest BCUT2D eigenvalue weighted by molar-refractivity contribution is 7.14. The molecular formula is C21H25NO2S. The van der Waals surface area contributed by atoms with Crippen molar-refractivity contribution in [2.45, 2.75) is 51.1 Å². The van der Waals surface area contributed by atoms with E-state index in [-0.39, 0.29) is 30.0 Å². The van der Waals surface area contributed by atoms with Gasteiger partial charge in [-0.2, -0.15) is 0 Å². The Labute approximate surface area is 153 Å². The van der Waals surface area contributed by atoms with Gasteiger partial charge in [0.2, 0.25) is 0 Å². The van der Waals surface area contributed by atoms with E-state index < -0.39 is 0 Å². The first-order chi connectivity index (χ1) is 12.2. The zero-order valence-electron chi connectivity index (χ0n) is 14.6. The largest absolute Gasteiger partial charge is 0.396 e. The number of rotatable bonds is 5. The Kier molecular flexibility index (Phi) is 4.42. The van der Waals surface area contributed by atoms with Crippen LogP contribution in [0.15, 0.2) is 42.5 Å². The van der Waals surface area contributed by atoms with Crippen LogP contribution < -0.4 is 0 Å². The molecule has 3 atom stereocenters. The smallest absolute Gasteiger partial charge is 0.264 e. The van der Waals surface area contributed by atoms with E-state index in [1.54, 1.807) is 11.3 Å². The van der Waals surface area contributed by atoms with Crippen LogP contribution in [-0.2, 0) is 12.8 Å². The number of hydrogen-bond acceptors (Lipinski definition) is 3. The predicted molar refractivity (Wildman–Crippen MR) is 101 cm³/mol. The summed E-state index contributed by atoms with van der Waals surface area (Å²) < 4.78 is 0. The van der Waals surface area contributed by atoms with Gasteiger partial charge in [0, 0.05) is 22.4 Å². The lowest BCUT2D eigenvalue weighted by Gasteiger charge is -2.36. The van der Waals surface area contributed by atoms with Gasteiger partial charge in [0.25, 0.3) is 5.91 Å². The molecule has 2 fully saturated rings. The number of aliphatic hydroxyl groups is 1. The van der Waals surface area contributed by atoms with Crippen LogP contribution in [0.2, 0.25) is 0 Å². The van der Waals surface area contributed by atoms with Crippen molar-refractivity contribution in [3.8, 4) is 0 Å². The Bertz CT molecular complexity index is 756. The molecule has 1 amide bonds. The molecule has 0 spiro atoms. The zero-order chi connectivity index (χ0) is 17.4. The third-order valence-corrected chi connectivity index (χ3v) is 7.24. The van der Waals surface area contributed by atoms with Crippen molar-refractivity contribution in [1.29, 1.82) is 0 Å². The number of aryl methyl sites for hydroxylation is 1. The van der Waals surface area contributed by atoms with E-state index >= 15 is 0 Å². The standard InChI is InChI=1S/C21H25NO2S/c1-2-17-9-10-18(25-17)20(24)22-16-8-11-19(22)21(13-16,14-23)12-15-6-4-3-5-7-15/h3-7,9-10,16,19,23H,2,8,11-14H2,1H3/t16-,19+,21-/m0/s1. The van der Waals surface area contributed by atoms with Crippen molar-refractivity contribution in [2.24, 2.45) is 5.41 Å². The first-order valence-corrected chi connectivity index (χ1v) is 10.0. The molecule has 2 bridgehead atoms. The van der Waals surface area contributed by atoms with Crippen LogP contribution in [0.1, 0.15) is 46.3 Å². The Morgan fingerprint density at radius 1 is 1.24 bits per heavy atom. The Balaban J connectivity index is 1.60. The minimum Gasteiger partial charge on any atom is -0.396 e. The Hall–Kier alpha value is -1.65. The molecule has 25 heavy (non-hydrogen) atoms. The average molecular weight is 356 g/mol. The number of amides is 1. The molecule has 0 radical (unpaired) electrons. The van der Waals surface area contributed by atoms with E-state index in [9.17, 15) is 9.90 Å². The molecule has 4 rings (SSSR count). The lowest BCUT2D eigenvalue weighted by molar-refractivity contribution is 0.0575. The first kappa shape index (κ1) is 16.8. The molecule has 0 aliphatic carbocycles. The molecule has 1 N–H and O–H groups in total. The van der Waals surface area contributed by atoms with Gasteiger partial charge in [0.05, 0.1) is 11.5 Å². The highest BCUT2D eigenvalue weighted by atomic mass is 32.1. The van der Waals surface area contributed by atoms with Crippen molar-refractivity contribution in [3.63, 3.8) is 0 Å². The second-order valence-corrected chi connectivity index (χ2v) is 8.63. The van der Waals surface area contributed by atoms with E-state index in [1.165, 1.54) is 10.4 Å². The molecule has 1 aromatic heterocycles. The maximum atomic E-state index is 13.1. The molecule has 3 heterocycles. The van der Waals surface area contributed by atoms with Gasteiger partial charge in [-0.3, -0.25) is 4.79 Å². The molecule has 132 valence electrons. The summed E-state index contributed by atoms with van der Waals surface area (Å²) in [5.41, 5.74) is 1.06. The highest BCUT2D eigenvalue weighted by Crippen LogP contribution is 2.52. The summed E-state index contributed by atoms with van der Waals surface area (Å²) in [5.74, 6) is 0.167. The van der Waals surface area contributed by atoms with Gasteiger partial charge in [-0.05, 0) is 49.8 Å². The highest BCUT2D eigenvalue weighted by Gasteiger charge is 2.57. The van der Waals surface area contributed by atoms with E-state index in [0.717, 1.165) is 37.0 Å². The third kappa shape index (κ3) is 2.81. The number of thiophene rings is 1. The van der Waals surface area contributed by atoms with Crippen molar-refractivity contribution in [1.82, 2.24) is 4.90 Å². The van der Waals surface area contributed by atoms with Crippen LogP contribution >= 0.6 is 11.3 Å². The number of aliphatic hydroxyl groups excluding tert-OH is 1. The van der Waals surface area contributed by atoms with Gasteiger partial charge in [-0.25, -0.2) is 0 Å². The van der Waals surface area contributed by atoms with Crippen molar-refractivity contribution < 1.29 is 9.90 Å². The number of nitrogens with zero attached hydrogens (tertiary/aromatic N) is 1. The predicted octanol–water partition coefficient (Wildman–Crippen LogP) is 3.91. The lowest BCUT2D eigenvalue weighted by atomic mass is 9.70. The van der Waals surface area contributed by atoms with Crippen LogP contribution in [0.4, 0.5) is 0 Å². The van der Waals surface area contributed by atoms with Crippen molar-refractivity contribution in [3.05, 3.63) is 57.8 Å². The number of hydrogen-bond donors (Lipinski definition) is 1. The third-order valence-electron chi connectivity index (χ3n) is 6.02. The van der Waals surface area contributed by atoms with Crippen LogP contribution in [0, 0.1) is 5.41 Å². The second kappa shape index (κ2) is 6.58. The maximum Gasteiger partial charge on any atom is 0.264 e. The fraction of sp³-hybridized carbons (Fsp3) is 0.476. The minimum atomic E-state index is -0.190. The van der Waals surface area contributed by atoms with E-state index in [0.29, 0.717) is 0 Å². The number of carbonyl (C=O) groups is 1. The summed E-state index contributed by atoms with van der Waals surface area (Å²) in [4.78, 5) is 17.4. The SMILES string of the molecule is CCc1ccc(C(=O)N2[C@H]3CC[C@@H]2[C@@](CO)(Cc2ccccc2)C3)s1. The van der Waals surface area contributed by atoms with Crippen molar-refractivity contribution in [2.75, 3.05) is 6.61 Å². The monoisotopic (exact) mass is 355 g/mol. The van der Waals surface area contributed by atoms with E-state index in [1.807, 2.05) is 12.1 Å². The summed E-state index contributed by atoms with van der Waals surface area (Å²) in [7, 11) is 0. The van der Waals surface area contributed by atoms with Crippen LogP contribution in [0.3, 0.4) is 0 Å². The first-order valence-electron chi connectivity index (χ1n) is 9.23. The van der Waals surface area contributed by atoms with Gasteiger partial charge >= 0.3 is 0 Å². The van der Waals surface area contributed by atoms with E-state index in [4.69, 9.17) is 0 Å². The lowest BCUT2D eigenvalue weighted by Crippen LogP contribution is -2.43. The summed E-state index contributed by atoms with van der Waals surface area (Å²) in [6.07, 6.45) is 4.81. The van der Waals surface area contributed by atoms with Gasteiger partial charge < -0.3 is 10.0 Å². The fourth-order valence-electron chi connectivity index (χ4n) is 4.83. The molecule has 2 saturated heterocycles. The molecule has 0 unspecified atom stereocenters. The fourth-order valence-corrected chi connectivity index (χ4v) is 5.72. The van der Waals surface area contributed by atoms with Gasteiger partial charge in [-0.1, -0.05) is 37.3 Å². The summed E-state index contributed by atoms with van der Waals surface area (Å²) >= 11 is 1.62. The summed E-state index contributed by atoms with van der Waals surface area (Å²) in [6.45, 7) is 2.27. The normalized spacial score (nSPS) is 27.8. The average Bonchev–Trinajstić information content (AvgIpc) is 3.35. The Morgan fingerprint density at radius 3 is 2.72 bits per heavy atom. The van der Waals surface area contributed by atoms with Crippen molar-refractivity contribution >= 4 is 17.2 Å². The molecule has 1 aromatic carbocycles. The zero-order valence-corrected chi connectivity index (χ0v) is 15.5. The quantitative estimate of drug-likeness (QED) is 0.883. The molecule has 4 heteroatoms. The number of carbonyl (C=O) groups excluding carboxylic acids is 1.